The number of halogens is 1. The highest BCUT2D eigenvalue weighted by Gasteiger charge is 2.22. The van der Waals surface area contributed by atoms with Gasteiger partial charge in [0.1, 0.15) is 5.82 Å². The number of benzene rings is 2. The third-order valence-electron chi connectivity index (χ3n) is 3.49. The number of phenols is 1. The average Bonchev–Trinajstić information content (AvgIpc) is 2.63. The Morgan fingerprint density at radius 2 is 1.96 bits per heavy atom. The van der Waals surface area contributed by atoms with Crippen molar-refractivity contribution in [1.29, 1.82) is 0 Å². The largest absolute Gasteiger partial charge is 0.504 e. The number of rotatable bonds is 7. The van der Waals surface area contributed by atoms with Crippen LogP contribution in [0.5, 0.6) is 11.5 Å². The lowest BCUT2D eigenvalue weighted by atomic mass is 10.2. The van der Waals surface area contributed by atoms with E-state index in [4.69, 9.17) is 4.74 Å². The van der Waals surface area contributed by atoms with Crippen LogP contribution in [0, 0.1) is 5.82 Å². The third kappa shape index (κ3) is 5.25. The number of hydrogen-bond donors (Lipinski definition) is 2. The molecule has 144 valence electrons. The van der Waals surface area contributed by atoms with E-state index in [0.29, 0.717) is 5.56 Å². The summed E-state index contributed by atoms with van der Waals surface area (Å²) in [6.45, 7) is -0.476. The number of hydrogen-bond acceptors (Lipinski definition) is 6. The van der Waals surface area contributed by atoms with Crippen LogP contribution in [0.25, 0.3) is 0 Å². The van der Waals surface area contributed by atoms with Gasteiger partial charge in [-0.15, -0.1) is 0 Å². The molecule has 8 nitrogen and oxygen atoms in total. The number of phenolic OH excluding ortho intramolecular Hbond substituents is 1. The zero-order valence-corrected chi connectivity index (χ0v) is 15.4. The van der Waals surface area contributed by atoms with Gasteiger partial charge in [0.15, 0.2) is 11.5 Å². The molecule has 27 heavy (non-hydrogen) atoms. The second kappa shape index (κ2) is 8.60. The number of hydrazone groups is 1. The highest BCUT2D eigenvalue weighted by Crippen LogP contribution is 2.25. The first-order valence-electron chi connectivity index (χ1n) is 7.65. The minimum absolute atomic E-state index is 0.0358. The van der Waals surface area contributed by atoms with E-state index >= 15 is 0 Å². The van der Waals surface area contributed by atoms with Crippen LogP contribution in [0.15, 0.2) is 52.5 Å². The van der Waals surface area contributed by atoms with Crippen LogP contribution in [0.2, 0.25) is 0 Å². The zero-order chi connectivity index (χ0) is 20.0. The van der Waals surface area contributed by atoms with Crippen molar-refractivity contribution in [3.8, 4) is 11.5 Å². The molecule has 2 N–H and O–H groups in total. The van der Waals surface area contributed by atoms with Crippen molar-refractivity contribution in [2.24, 2.45) is 5.10 Å². The Bertz CT molecular complexity index is 946. The van der Waals surface area contributed by atoms with Gasteiger partial charge in [-0.25, -0.2) is 18.2 Å². The molecule has 0 radical (unpaired) electrons. The van der Waals surface area contributed by atoms with Gasteiger partial charge in [-0.3, -0.25) is 4.79 Å². The van der Waals surface area contributed by atoms with Crippen molar-refractivity contribution in [2.75, 3.05) is 20.7 Å². The highest BCUT2D eigenvalue weighted by molar-refractivity contribution is 7.89. The average molecular weight is 395 g/mol. The van der Waals surface area contributed by atoms with Crippen molar-refractivity contribution in [3.05, 3.63) is 53.8 Å². The van der Waals surface area contributed by atoms with Crippen molar-refractivity contribution >= 4 is 22.1 Å². The molecule has 0 spiro atoms. The lowest BCUT2D eigenvalue weighted by molar-refractivity contribution is -0.121. The molecule has 2 rings (SSSR count). The molecular formula is C17H18FN3O5S. The first-order valence-corrected chi connectivity index (χ1v) is 9.09. The van der Waals surface area contributed by atoms with Crippen LogP contribution >= 0.6 is 0 Å². The summed E-state index contributed by atoms with van der Waals surface area (Å²) in [5, 5.41) is 13.2. The summed E-state index contributed by atoms with van der Waals surface area (Å²) >= 11 is 0. The standard InChI is InChI=1S/C17H18FN3O5S/c1-21(27(24,25)14-6-4-13(18)5-7-14)11-17(23)20-19-10-12-3-8-15(22)16(9-12)26-2/h3-10,22H,11H2,1-2H3,(H,20,23)/b19-10-. The number of nitrogens with zero attached hydrogens (tertiary/aromatic N) is 2. The van der Waals surface area contributed by atoms with Crippen LogP contribution in [0.3, 0.4) is 0 Å². The van der Waals surface area contributed by atoms with Crippen molar-refractivity contribution in [1.82, 2.24) is 9.73 Å². The SMILES string of the molecule is COc1cc(/C=N\NC(=O)CN(C)S(=O)(=O)c2ccc(F)cc2)ccc1O. The predicted molar refractivity (Wildman–Crippen MR) is 96.6 cm³/mol. The maximum Gasteiger partial charge on any atom is 0.255 e. The number of ether oxygens (including phenoxy) is 1. The van der Waals surface area contributed by atoms with Crippen molar-refractivity contribution < 1.29 is 27.4 Å². The molecule has 0 heterocycles. The summed E-state index contributed by atoms with van der Waals surface area (Å²) in [7, 11) is -1.31. The molecule has 2 aromatic carbocycles. The van der Waals surface area contributed by atoms with Crippen LogP contribution in [0.4, 0.5) is 4.39 Å². The van der Waals surface area contributed by atoms with Gasteiger partial charge in [-0.1, -0.05) is 0 Å². The number of methoxy groups -OCH3 is 1. The maximum atomic E-state index is 12.9. The molecular weight excluding hydrogens is 377 g/mol. The number of aromatic hydroxyl groups is 1. The van der Waals surface area contributed by atoms with Gasteiger partial charge in [0.05, 0.1) is 24.8 Å². The van der Waals surface area contributed by atoms with Gasteiger partial charge in [0, 0.05) is 7.05 Å². The molecule has 0 atom stereocenters. The minimum Gasteiger partial charge on any atom is -0.504 e. The number of carbonyl (C=O) groups excluding carboxylic acids is 1. The van der Waals surface area contributed by atoms with E-state index in [1.165, 1.54) is 32.5 Å². The monoisotopic (exact) mass is 395 g/mol. The lowest BCUT2D eigenvalue weighted by Crippen LogP contribution is -2.36. The first-order chi connectivity index (χ1) is 12.7. The van der Waals surface area contributed by atoms with Crippen LogP contribution in [0.1, 0.15) is 5.56 Å². The summed E-state index contributed by atoms with van der Waals surface area (Å²) in [5.74, 6) is -1.01. The summed E-state index contributed by atoms with van der Waals surface area (Å²) in [5.41, 5.74) is 2.76. The topological polar surface area (TPSA) is 108 Å². The lowest BCUT2D eigenvalue weighted by Gasteiger charge is -2.16. The second-order valence-electron chi connectivity index (χ2n) is 5.44. The van der Waals surface area contributed by atoms with Gasteiger partial charge in [-0.05, 0) is 48.0 Å². The van der Waals surface area contributed by atoms with Gasteiger partial charge >= 0.3 is 0 Å². The van der Waals surface area contributed by atoms with Gasteiger partial charge in [-0.2, -0.15) is 9.41 Å². The Kier molecular flexibility index (Phi) is 6.48. The quantitative estimate of drug-likeness (QED) is 0.543. The van der Waals surface area contributed by atoms with Gasteiger partial charge < -0.3 is 9.84 Å². The Morgan fingerprint density at radius 3 is 2.59 bits per heavy atom. The van der Waals surface area contributed by atoms with E-state index in [1.54, 1.807) is 6.07 Å². The van der Waals surface area contributed by atoms with E-state index in [-0.39, 0.29) is 16.4 Å². The normalized spacial score (nSPS) is 11.7. The predicted octanol–water partition coefficient (Wildman–Crippen LogP) is 1.31. The van der Waals surface area contributed by atoms with Gasteiger partial charge in [0.25, 0.3) is 5.91 Å². The molecule has 10 heteroatoms. The smallest absolute Gasteiger partial charge is 0.255 e. The summed E-state index contributed by atoms with van der Waals surface area (Å²) in [6, 6.07) is 8.76. The molecule has 0 aliphatic carbocycles. The number of sulfonamides is 1. The molecule has 2 aromatic rings. The van der Waals surface area contributed by atoms with Crippen molar-refractivity contribution in [2.45, 2.75) is 4.90 Å². The molecule has 1 amide bonds. The molecule has 0 saturated carbocycles. The first kappa shape index (κ1) is 20.3. The summed E-state index contributed by atoms with van der Waals surface area (Å²) in [6.07, 6.45) is 1.31. The van der Waals surface area contributed by atoms with E-state index in [2.05, 4.69) is 10.5 Å². The fraction of sp³-hybridized carbons (Fsp3) is 0.176. The molecule has 0 fully saturated rings. The molecule has 0 aromatic heterocycles. The summed E-state index contributed by atoms with van der Waals surface area (Å²) < 4.78 is 43.4. The maximum absolute atomic E-state index is 12.9. The van der Waals surface area contributed by atoms with Gasteiger partial charge in [0.2, 0.25) is 10.0 Å². The fourth-order valence-electron chi connectivity index (χ4n) is 2.06. The third-order valence-corrected chi connectivity index (χ3v) is 5.31. The number of likely N-dealkylation sites (N-methyl/N-ethyl adjacent to an activating group) is 1. The molecule has 0 aliphatic heterocycles. The Morgan fingerprint density at radius 1 is 1.30 bits per heavy atom. The molecule has 0 unspecified atom stereocenters. The fourth-order valence-corrected chi connectivity index (χ4v) is 3.19. The van der Waals surface area contributed by atoms with Crippen LogP contribution < -0.4 is 10.2 Å². The number of nitrogens with one attached hydrogen (secondary N) is 1. The summed E-state index contributed by atoms with van der Waals surface area (Å²) in [4.78, 5) is 11.8. The number of amides is 1. The Labute approximate surface area is 155 Å². The molecule has 0 saturated heterocycles. The minimum atomic E-state index is -3.93. The number of carbonyl (C=O) groups is 1. The van der Waals surface area contributed by atoms with Crippen LogP contribution in [-0.2, 0) is 14.8 Å². The van der Waals surface area contributed by atoms with Crippen molar-refractivity contribution in [3.63, 3.8) is 0 Å². The molecule has 0 aliphatic rings. The Balaban J connectivity index is 1.97. The van der Waals surface area contributed by atoms with E-state index in [1.807, 2.05) is 0 Å². The van der Waals surface area contributed by atoms with E-state index in [9.17, 15) is 22.7 Å². The zero-order valence-electron chi connectivity index (χ0n) is 14.6. The Hall–Kier alpha value is -2.98. The second-order valence-corrected chi connectivity index (χ2v) is 7.48. The van der Waals surface area contributed by atoms with Crippen LogP contribution in [-0.4, -0.2) is 50.7 Å². The van der Waals surface area contributed by atoms with E-state index in [0.717, 1.165) is 28.6 Å². The highest BCUT2D eigenvalue weighted by atomic mass is 32.2. The van der Waals surface area contributed by atoms with E-state index < -0.39 is 28.3 Å². The molecule has 0 bridgehead atoms.